The van der Waals surface area contributed by atoms with Gasteiger partial charge < -0.3 is 9.64 Å². The maximum absolute atomic E-state index is 13.3. The zero-order valence-corrected chi connectivity index (χ0v) is 24.5. The number of rotatable bonds is 11. The monoisotopic (exact) mass is 558 g/mol. The quantitative estimate of drug-likeness (QED) is 0.164. The Labute approximate surface area is 235 Å². The van der Waals surface area contributed by atoms with Gasteiger partial charge in [0.25, 0.3) is 11.5 Å². The minimum Gasteiger partial charge on any atom is -0.466 e. The summed E-state index contributed by atoms with van der Waals surface area (Å²) in [5, 5.41) is 9.72. The molecule has 0 saturated carbocycles. The lowest BCUT2D eigenvalue weighted by molar-refractivity contribution is -0.148. The van der Waals surface area contributed by atoms with Gasteiger partial charge in [-0.05, 0) is 44.7 Å². The minimum absolute atomic E-state index is 0.0615. The van der Waals surface area contributed by atoms with Crippen LogP contribution >= 0.6 is 24.0 Å². The van der Waals surface area contributed by atoms with E-state index in [2.05, 4.69) is 11.8 Å². The number of thiocarbonyl (C=S) groups is 1. The Morgan fingerprint density at radius 1 is 1.16 bits per heavy atom. The van der Waals surface area contributed by atoms with Crippen LogP contribution in [0.5, 0.6) is 0 Å². The first kappa shape index (κ1) is 29.9. The number of anilines is 1. The number of esters is 1. The molecule has 0 aliphatic carbocycles. The van der Waals surface area contributed by atoms with Crippen LogP contribution in [-0.4, -0.2) is 51.9 Å². The van der Waals surface area contributed by atoms with Crippen molar-refractivity contribution in [3.8, 4) is 6.07 Å². The summed E-state index contributed by atoms with van der Waals surface area (Å²) >= 11 is 6.81. The predicted molar refractivity (Wildman–Crippen MR) is 156 cm³/mol. The van der Waals surface area contributed by atoms with Gasteiger partial charge in [-0.3, -0.25) is 23.9 Å². The molecule has 2 saturated heterocycles. The smallest absolute Gasteiger partial charge is 0.309 e. The van der Waals surface area contributed by atoms with E-state index in [1.54, 1.807) is 31.9 Å². The maximum atomic E-state index is 13.3. The molecule has 0 N–H and O–H groups in total. The van der Waals surface area contributed by atoms with Crippen molar-refractivity contribution in [2.24, 2.45) is 13.0 Å². The first-order valence-corrected chi connectivity index (χ1v) is 14.8. The molecule has 10 heteroatoms. The molecule has 2 aliphatic heterocycles. The van der Waals surface area contributed by atoms with Gasteiger partial charge in [0.05, 0.1) is 17.4 Å². The van der Waals surface area contributed by atoms with Gasteiger partial charge in [0, 0.05) is 32.2 Å². The van der Waals surface area contributed by atoms with Crippen LogP contribution in [0, 0.1) is 24.2 Å². The molecule has 1 amide bonds. The van der Waals surface area contributed by atoms with Gasteiger partial charge in [-0.15, -0.1) is 0 Å². The topological polar surface area (TPSA) is 95.6 Å². The average Bonchev–Trinajstić information content (AvgIpc) is 3.17. The highest BCUT2D eigenvalue weighted by Gasteiger charge is 2.34. The van der Waals surface area contributed by atoms with E-state index in [9.17, 15) is 19.6 Å². The molecule has 0 bridgehead atoms. The molecule has 3 heterocycles. The molecule has 0 atom stereocenters. The summed E-state index contributed by atoms with van der Waals surface area (Å²) in [4.78, 5) is 42.8. The number of hydrogen-bond donors (Lipinski definition) is 0. The molecule has 206 valence electrons. The second kappa shape index (κ2) is 13.9. The van der Waals surface area contributed by atoms with Gasteiger partial charge in [-0.2, -0.15) is 5.26 Å². The molecule has 0 radical (unpaired) electrons. The highest BCUT2D eigenvalue weighted by atomic mass is 32.2. The number of nitrogens with zero attached hydrogens (tertiary/aromatic N) is 4. The summed E-state index contributed by atoms with van der Waals surface area (Å²) < 4.78 is 7.22. The molecular weight excluding hydrogens is 520 g/mol. The third-order valence-electron chi connectivity index (χ3n) is 7.27. The Hall–Kier alpha value is -2.64. The van der Waals surface area contributed by atoms with E-state index in [1.807, 2.05) is 6.07 Å². The number of aromatic nitrogens is 1. The Morgan fingerprint density at radius 3 is 2.45 bits per heavy atom. The van der Waals surface area contributed by atoms with Gasteiger partial charge in [-0.1, -0.05) is 63.0 Å². The van der Waals surface area contributed by atoms with E-state index in [0.717, 1.165) is 19.3 Å². The van der Waals surface area contributed by atoms with Crippen molar-refractivity contribution < 1.29 is 14.3 Å². The minimum atomic E-state index is -0.375. The molecule has 0 unspecified atom stereocenters. The first-order chi connectivity index (χ1) is 18.2. The highest BCUT2D eigenvalue weighted by molar-refractivity contribution is 8.26. The van der Waals surface area contributed by atoms with Crippen LogP contribution in [0.2, 0.25) is 0 Å². The summed E-state index contributed by atoms with van der Waals surface area (Å²) in [6.07, 6.45) is 9.75. The number of carbonyl (C=O) groups is 2. The Kier molecular flexibility index (Phi) is 11.0. The summed E-state index contributed by atoms with van der Waals surface area (Å²) in [6.45, 7) is 7.79. The molecule has 2 fully saturated rings. The maximum Gasteiger partial charge on any atom is 0.309 e. The van der Waals surface area contributed by atoms with Crippen molar-refractivity contribution in [3.05, 3.63) is 31.9 Å². The molecule has 8 nitrogen and oxygen atoms in total. The Balaban J connectivity index is 1.88. The standard InChI is InChI=1S/C28H38N4O4S2/c1-5-7-8-9-10-11-14-32-26(34)23(38-28(32)37)17-21-19(3)22(18-29)25(33)30(4)24(21)31-15-12-20(13-16-31)27(35)36-6-2/h17,20H,5-16H2,1-4H3. The molecule has 1 aromatic rings. The molecular formula is C28H38N4O4S2. The predicted octanol–water partition coefficient (Wildman–Crippen LogP) is 4.91. The summed E-state index contributed by atoms with van der Waals surface area (Å²) in [5.74, 6) is 0.151. The number of thioether (sulfide) groups is 1. The van der Waals surface area contributed by atoms with E-state index in [4.69, 9.17) is 17.0 Å². The number of ether oxygens (including phenoxy) is 1. The fourth-order valence-electron chi connectivity index (χ4n) is 5.06. The Bertz CT molecular complexity index is 1190. The van der Waals surface area contributed by atoms with E-state index in [0.29, 0.717) is 65.3 Å². The lowest BCUT2D eigenvalue weighted by atomic mass is 9.95. The number of carbonyl (C=O) groups excluding carboxylic acids is 2. The molecule has 3 rings (SSSR count). The summed E-state index contributed by atoms with van der Waals surface area (Å²) in [7, 11) is 1.65. The van der Waals surface area contributed by atoms with Crippen molar-refractivity contribution >= 4 is 52.1 Å². The fraction of sp³-hybridized carbons (Fsp3) is 0.607. The number of nitriles is 1. The SMILES string of the molecule is CCCCCCCCN1C(=O)C(=Cc2c(C)c(C#N)c(=O)n(C)c2N2CCC(C(=O)OCC)CC2)SC1=S. The second-order valence-corrected chi connectivity index (χ2v) is 11.5. The third kappa shape index (κ3) is 6.67. The first-order valence-electron chi connectivity index (χ1n) is 13.6. The van der Waals surface area contributed by atoms with Crippen LogP contribution in [-0.2, 0) is 21.4 Å². The molecule has 0 aromatic carbocycles. The number of unbranched alkanes of at least 4 members (excludes halogenated alkanes) is 5. The number of hydrogen-bond acceptors (Lipinski definition) is 8. The van der Waals surface area contributed by atoms with Crippen LogP contribution in [0.3, 0.4) is 0 Å². The highest BCUT2D eigenvalue weighted by Crippen LogP contribution is 2.36. The van der Waals surface area contributed by atoms with Crippen LogP contribution in [0.15, 0.2) is 9.70 Å². The third-order valence-corrected chi connectivity index (χ3v) is 8.64. The summed E-state index contributed by atoms with van der Waals surface area (Å²) in [5.41, 5.74) is 0.893. The van der Waals surface area contributed by atoms with E-state index in [1.165, 1.54) is 35.6 Å². The summed E-state index contributed by atoms with van der Waals surface area (Å²) in [6, 6.07) is 2.04. The van der Waals surface area contributed by atoms with Gasteiger partial charge in [-0.25, -0.2) is 0 Å². The van der Waals surface area contributed by atoms with Crippen LogP contribution < -0.4 is 10.5 Å². The number of amides is 1. The number of pyridine rings is 1. The largest absolute Gasteiger partial charge is 0.466 e. The number of piperidine rings is 1. The lowest BCUT2D eigenvalue weighted by Crippen LogP contribution is -2.40. The molecule has 0 spiro atoms. The molecule has 2 aliphatic rings. The van der Waals surface area contributed by atoms with Crippen LogP contribution in [0.25, 0.3) is 6.08 Å². The van der Waals surface area contributed by atoms with Crippen molar-refractivity contribution in [3.63, 3.8) is 0 Å². The van der Waals surface area contributed by atoms with E-state index >= 15 is 0 Å². The van der Waals surface area contributed by atoms with Crippen molar-refractivity contribution in [1.29, 1.82) is 5.26 Å². The van der Waals surface area contributed by atoms with Gasteiger partial charge in [0.1, 0.15) is 21.8 Å². The van der Waals surface area contributed by atoms with Crippen molar-refractivity contribution in [1.82, 2.24) is 9.47 Å². The van der Waals surface area contributed by atoms with Gasteiger partial charge >= 0.3 is 5.97 Å². The molecule has 1 aromatic heterocycles. The van der Waals surface area contributed by atoms with Crippen LogP contribution in [0.4, 0.5) is 5.82 Å². The van der Waals surface area contributed by atoms with E-state index < -0.39 is 0 Å². The fourth-order valence-corrected chi connectivity index (χ4v) is 6.35. The normalized spacial score (nSPS) is 17.4. The van der Waals surface area contributed by atoms with Crippen molar-refractivity contribution in [2.45, 2.75) is 72.1 Å². The average molecular weight is 559 g/mol. The van der Waals surface area contributed by atoms with Gasteiger partial charge in [0.2, 0.25) is 0 Å². The molecule has 38 heavy (non-hydrogen) atoms. The lowest BCUT2D eigenvalue weighted by Gasteiger charge is -2.35. The zero-order valence-electron chi connectivity index (χ0n) is 22.9. The van der Waals surface area contributed by atoms with Gasteiger partial charge in [0.15, 0.2) is 0 Å². The van der Waals surface area contributed by atoms with E-state index in [-0.39, 0.29) is 28.9 Å². The zero-order chi connectivity index (χ0) is 27.8. The Morgan fingerprint density at radius 2 is 1.82 bits per heavy atom. The second-order valence-electron chi connectivity index (χ2n) is 9.83. The van der Waals surface area contributed by atoms with Crippen molar-refractivity contribution in [2.75, 3.05) is 31.1 Å². The van der Waals surface area contributed by atoms with Crippen LogP contribution in [0.1, 0.15) is 81.9 Å².